The summed E-state index contributed by atoms with van der Waals surface area (Å²) in [5.41, 5.74) is 0.603. The van der Waals surface area contributed by atoms with Gasteiger partial charge in [0.05, 0.1) is 6.61 Å². The normalized spacial score (nSPS) is 17.2. The van der Waals surface area contributed by atoms with Crippen molar-refractivity contribution in [2.24, 2.45) is 5.92 Å². The van der Waals surface area contributed by atoms with E-state index in [9.17, 15) is 8.42 Å². The van der Waals surface area contributed by atoms with Gasteiger partial charge in [-0.2, -0.15) is 0 Å². The van der Waals surface area contributed by atoms with E-state index in [1.54, 1.807) is 6.07 Å². The van der Waals surface area contributed by atoms with Crippen molar-refractivity contribution >= 4 is 10.0 Å². The minimum Gasteiger partial charge on any atom is -0.392 e. The van der Waals surface area contributed by atoms with Crippen LogP contribution in [0.4, 0.5) is 0 Å². The van der Waals surface area contributed by atoms with Crippen molar-refractivity contribution in [2.75, 3.05) is 6.54 Å². The van der Waals surface area contributed by atoms with Crippen LogP contribution in [0, 0.1) is 5.92 Å². The lowest BCUT2D eigenvalue weighted by atomic mass is 9.87. The maximum absolute atomic E-state index is 12.0. The van der Waals surface area contributed by atoms with Crippen molar-refractivity contribution in [3.05, 3.63) is 23.9 Å². The summed E-state index contributed by atoms with van der Waals surface area (Å²) >= 11 is 0. The van der Waals surface area contributed by atoms with Gasteiger partial charge in [-0.05, 0) is 24.0 Å². The molecule has 1 aliphatic carbocycles. The molecule has 0 aromatic carbocycles. The molecule has 0 radical (unpaired) electrons. The first kappa shape index (κ1) is 15.4. The molecule has 1 heterocycles. The van der Waals surface area contributed by atoms with Crippen molar-refractivity contribution < 1.29 is 13.5 Å². The van der Waals surface area contributed by atoms with Crippen LogP contribution in [0.1, 0.15) is 44.1 Å². The number of nitrogens with one attached hydrogen (secondary N) is 1. The van der Waals surface area contributed by atoms with Crippen molar-refractivity contribution in [3.63, 3.8) is 0 Å². The van der Waals surface area contributed by atoms with Crippen LogP contribution in [0.3, 0.4) is 0 Å². The predicted octanol–water partition coefficient (Wildman–Crippen LogP) is 1.82. The number of nitrogens with zero attached hydrogens (tertiary/aromatic N) is 1. The fourth-order valence-electron chi connectivity index (χ4n) is 2.61. The van der Waals surface area contributed by atoms with E-state index in [4.69, 9.17) is 5.11 Å². The number of aliphatic hydroxyl groups excluding tert-OH is 1. The van der Waals surface area contributed by atoms with Gasteiger partial charge in [0.15, 0.2) is 5.03 Å². The Labute approximate surface area is 120 Å². The third-order valence-corrected chi connectivity index (χ3v) is 5.20. The highest BCUT2D eigenvalue weighted by Crippen LogP contribution is 2.25. The molecule has 0 aliphatic heterocycles. The minimum atomic E-state index is -3.53. The molecule has 0 saturated heterocycles. The summed E-state index contributed by atoms with van der Waals surface area (Å²) in [5.74, 6) is 0.649. The van der Waals surface area contributed by atoms with Gasteiger partial charge in [0.2, 0.25) is 0 Å². The Balaban J connectivity index is 1.86. The van der Waals surface area contributed by atoms with E-state index in [0.717, 1.165) is 6.42 Å². The predicted molar refractivity (Wildman–Crippen MR) is 76.5 cm³/mol. The maximum atomic E-state index is 12.0. The van der Waals surface area contributed by atoms with E-state index in [0.29, 0.717) is 18.0 Å². The highest BCUT2D eigenvalue weighted by molar-refractivity contribution is 7.89. The van der Waals surface area contributed by atoms with Gasteiger partial charge in [-0.15, -0.1) is 0 Å². The largest absolute Gasteiger partial charge is 0.392 e. The summed E-state index contributed by atoms with van der Waals surface area (Å²) in [7, 11) is -3.53. The van der Waals surface area contributed by atoms with Crippen molar-refractivity contribution in [2.45, 2.75) is 50.2 Å². The number of hydrogen-bond donors (Lipinski definition) is 2. The first-order valence-corrected chi connectivity index (χ1v) is 8.65. The lowest BCUT2D eigenvalue weighted by Gasteiger charge is -2.21. The van der Waals surface area contributed by atoms with Crippen LogP contribution in [0.25, 0.3) is 0 Å². The van der Waals surface area contributed by atoms with Crippen LogP contribution in [0.5, 0.6) is 0 Å². The zero-order valence-corrected chi connectivity index (χ0v) is 12.4. The van der Waals surface area contributed by atoms with E-state index >= 15 is 0 Å². The smallest absolute Gasteiger partial charge is 0.258 e. The van der Waals surface area contributed by atoms with Gasteiger partial charge in [-0.3, -0.25) is 0 Å². The van der Waals surface area contributed by atoms with E-state index in [2.05, 4.69) is 9.71 Å². The molecule has 2 N–H and O–H groups in total. The van der Waals surface area contributed by atoms with Gasteiger partial charge in [0.1, 0.15) is 0 Å². The second-order valence-electron chi connectivity index (χ2n) is 5.35. The minimum absolute atomic E-state index is 0.0124. The maximum Gasteiger partial charge on any atom is 0.258 e. The van der Waals surface area contributed by atoms with Gasteiger partial charge in [-0.1, -0.05) is 38.2 Å². The summed E-state index contributed by atoms with van der Waals surface area (Å²) in [6.07, 6.45) is 8.55. The quantitative estimate of drug-likeness (QED) is 0.839. The van der Waals surface area contributed by atoms with Crippen LogP contribution in [0.2, 0.25) is 0 Å². The Kier molecular flexibility index (Phi) is 5.51. The Bertz CT molecular complexity index is 508. The molecule has 0 amide bonds. The molecular formula is C14H22N2O3S. The van der Waals surface area contributed by atoms with E-state index < -0.39 is 10.0 Å². The summed E-state index contributed by atoms with van der Waals surface area (Å²) in [4.78, 5) is 3.88. The topological polar surface area (TPSA) is 79.3 Å². The second kappa shape index (κ2) is 7.15. The zero-order chi connectivity index (χ0) is 14.4. The molecular weight excluding hydrogens is 276 g/mol. The number of sulfonamides is 1. The fraction of sp³-hybridized carbons (Fsp3) is 0.643. The van der Waals surface area contributed by atoms with Crippen LogP contribution in [0.15, 0.2) is 23.4 Å². The van der Waals surface area contributed by atoms with E-state index in [-0.39, 0.29) is 11.6 Å². The summed E-state index contributed by atoms with van der Waals surface area (Å²) < 4.78 is 26.7. The molecule has 0 bridgehead atoms. The molecule has 20 heavy (non-hydrogen) atoms. The first-order valence-electron chi connectivity index (χ1n) is 7.17. The number of hydrogen-bond acceptors (Lipinski definition) is 4. The Morgan fingerprint density at radius 2 is 2.00 bits per heavy atom. The molecule has 5 nitrogen and oxygen atoms in total. The van der Waals surface area contributed by atoms with Crippen molar-refractivity contribution in [1.29, 1.82) is 0 Å². The average Bonchev–Trinajstić information content (AvgIpc) is 2.48. The molecule has 0 atom stereocenters. The Hall–Kier alpha value is -0.980. The van der Waals surface area contributed by atoms with Crippen molar-refractivity contribution in [3.8, 4) is 0 Å². The molecule has 1 saturated carbocycles. The van der Waals surface area contributed by atoms with Gasteiger partial charge in [0, 0.05) is 12.7 Å². The van der Waals surface area contributed by atoms with Crippen LogP contribution in [-0.2, 0) is 16.6 Å². The summed E-state index contributed by atoms with van der Waals surface area (Å²) in [6, 6.07) is 3.00. The lowest BCUT2D eigenvalue weighted by Crippen LogP contribution is -2.27. The molecule has 1 fully saturated rings. The van der Waals surface area contributed by atoms with E-state index in [1.165, 1.54) is 44.4 Å². The number of pyridine rings is 1. The van der Waals surface area contributed by atoms with Gasteiger partial charge >= 0.3 is 0 Å². The van der Waals surface area contributed by atoms with Gasteiger partial charge < -0.3 is 5.11 Å². The highest BCUT2D eigenvalue weighted by Gasteiger charge is 2.17. The molecule has 1 aliphatic rings. The zero-order valence-electron chi connectivity index (χ0n) is 11.6. The number of aliphatic hydroxyl groups is 1. The number of rotatable bonds is 6. The molecule has 0 unspecified atom stereocenters. The third-order valence-electron chi connectivity index (χ3n) is 3.82. The summed E-state index contributed by atoms with van der Waals surface area (Å²) in [6.45, 7) is 0.332. The van der Waals surface area contributed by atoms with E-state index in [1.807, 2.05) is 0 Å². The highest BCUT2D eigenvalue weighted by atomic mass is 32.2. The van der Waals surface area contributed by atoms with Gasteiger partial charge in [-0.25, -0.2) is 18.1 Å². The number of aromatic nitrogens is 1. The molecule has 1 aromatic heterocycles. The van der Waals surface area contributed by atoms with Crippen LogP contribution in [-0.4, -0.2) is 25.1 Å². The average molecular weight is 298 g/mol. The van der Waals surface area contributed by atoms with Crippen LogP contribution >= 0.6 is 0 Å². The second-order valence-corrected chi connectivity index (χ2v) is 7.07. The monoisotopic (exact) mass is 298 g/mol. The molecule has 6 heteroatoms. The van der Waals surface area contributed by atoms with Gasteiger partial charge in [0.25, 0.3) is 10.0 Å². The first-order chi connectivity index (χ1) is 9.62. The fourth-order valence-corrected chi connectivity index (χ4v) is 3.58. The summed E-state index contributed by atoms with van der Waals surface area (Å²) in [5, 5.41) is 8.92. The Morgan fingerprint density at radius 1 is 1.25 bits per heavy atom. The lowest BCUT2D eigenvalue weighted by molar-refractivity contribution is 0.281. The third kappa shape index (κ3) is 4.26. The SMILES string of the molecule is O=S(=O)(NCCC1CCCCC1)c1ccc(CO)cn1. The molecule has 112 valence electrons. The molecule has 1 aromatic rings. The Morgan fingerprint density at radius 3 is 2.60 bits per heavy atom. The molecule has 0 spiro atoms. The van der Waals surface area contributed by atoms with Crippen molar-refractivity contribution in [1.82, 2.24) is 9.71 Å². The molecule has 2 rings (SSSR count). The standard InChI is InChI=1S/C14H22N2O3S/c17-11-13-6-7-14(15-10-13)20(18,19)16-9-8-12-4-2-1-3-5-12/h6-7,10,12,16-17H,1-5,8-9,11H2. The van der Waals surface area contributed by atoms with Crippen LogP contribution < -0.4 is 4.72 Å².